The third-order valence-electron chi connectivity index (χ3n) is 3.71. The number of hydrogen-bond acceptors (Lipinski definition) is 7. The molecule has 24 heavy (non-hydrogen) atoms. The molecule has 3 rings (SSSR count). The Morgan fingerprint density at radius 2 is 2.00 bits per heavy atom. The van der Waals surface area contributed by atoms with E-state index in [0.29, 0.717) is 5.56 Å². The number of thiocarbonyl (C=S) groups is 1. The zero-order valence-corrected chi connectivity index (χ0v) is 14.9. The van der Waals surface area contributed by atoms with Crippen molar-refractivity contribution in [1.29, 1.82) is 0 Å². The highest BCUT2D eigenvalue weighted by Crippen LogP contribution is 2.39. The number of fused-ring (bicyclic) bond motifs is 1. The van der Waals surface area contributed by atoms with Gasteiger partial charge in [0.05, 0.1) is 5.56 Å². The molecular formula is C16H18O6S2. The smallest absolute Gasteiger partial charge is 0.338 e. The Labute approximate surface area is 150 Å². The first-order valence-corrected chi connectivity index (χ1v) is 8.34. The first-order chi connectivity index (χ1) is 11.4. The Hall–Kier alpha value is -1.19. The molecule has 0 radical (unpaired) electrons. The number of hydrogen-bond donors (Lipinski definition) is 1. The summed E-state index contributed by atoms with van der Waals surface area (Å²) in [6, 6.07) is 8.71. The quantitative estimate of drug-likeness (QED) is 0.496. The van der Waals surface area contributed by atoms with Crippen molar-refractivity contribution in [3.8, 4) is 0 Å². The third-order valence-corrected chi connectivity index (χ3v) is 3.91. The van der Waals surface area contributed by atoms with E-state index in [4.69, 9.17) is 35.9 Å². The van der Waals surface area contributed by atoms with Crippen molar-refractivity contribution in [2.75, 3.05) is 6.61 Å². The van der Waals surface area contributed by atoms with Gasteiger partial charge in [-0.1, -0.05) is 30.8 Å². The lowest BCUT2D eigenvalue weighted by atomic mass is 10.1. The highest BCUT2D eigenvalue weighted by atomic mass is 32.1. The fourth-order valence-electron chi connectivity index (χ4n) is 2.76. The SMILES string of the molecule is CC1(C)O[C@H]2O[C@H](COC(=O)c3ccccc3)[C@H](OC(=S)S)[C@H]2O1. The van der Waals surface area contributed by atoms with Crippen LogP contribution in [0.15, 0.2) is 30.3 Å². The summed E-state index contributed by atoms with van der Waals surface area (Å²) in [5, 5.41) is 0. The second-order valence-corrected chi connectivity index (χ2v) is 7.04. The minimum atomic E-state index is -0.777. The van der Waals surface area contributed by atoms with Crippen molar-refractivity contribution in [1.82, 2.24) is 0 Å². The van der Waals surface area contributed by atoms with Gasteiger partial charge < -0.3 is 23.7 Å². The van der Waals surface area contributed by atoms with E-state index in [0.717, 1.165) is 0 Å². The molecule has 1 aromatic rings. The van der Waals surface area contributed by atoms with Crippen LogP contribution in [0.4, 0.5) is 0 Å². The van der Waals surface area contributed by atoms with Crippen molar-refractivity contribution < 1.29 is 28.5 Å². The molecule has 0 amide bonds. The molecule has 2 heterocycles. The second-order valence-electron chi connectivity index (χ2n) is 5.96. The summed E-state index contributed by atoms with van der Waals surface area (Å²) >= 11 is 8.90. The maximum atomic E-state index is 12.1. The molecule has 0 bridgehead atoms. The number of rotatable bonds is 4. The maximum absolute atomic E-state index is 12.1. The molecule has 0 N–H and O–H groups in total. The largest absolute Gasteiger partial charge is 0.470 e. The highest BCUT2D eigenvalue weighted by molar-refractivity contribution is 8.10. The predicted molar refractivity (Wildman–Crippen MR) is 91.9 cm³/mol. The van der Waals surface area contributed by atoms with E-state index in [2.05, 4.69) is 12.6 Å². The number of benzene rings is 1. The number of carbonyl (C=O) groups excluding carboxylic acids is 1. The minimum Gasteiger partial charge on any atom is -0.470 e. The van der Waals surface area contributed by atoms with Crippen LogP contribution in [-0.2, 0) is 23.7 Å². The van der Waals surface area contributed by atoms with Crippen LogP contribution in [0.3, 0.4) is 0 Å². The van der Waals surface area contributed by atoms with Crippen LogP contribution >= 0.6 is 24.8 Å². The molecule has 4 atom stereocenters. The van der Waals surface area contributed by atoms with Gasteiger partial charge in [0.2, 0.25) is 4.38 Å². The lowest BCUT2D eigenvalue weighted by molar-refractivity contribution is -0.217. The van der Waals surface area contributed by atoms with Crippen molar-refractivity contribution in [2.45, 2.75) is 44.2 Å². The van der Waals surface area contributed by atoms with Gasteiger partial charge in [-0.2, -0.15) is 0 Å². The molecule has 0 aliphatic carbocycles. The Bertz CT molecular complexity index is 620. The topological polar surface area (TPSA) is 63.2 Å². The zero-order valence-electron chi connectivity index (χ0n) is 13.2. The van der Waals surface area contributed by atoms with Gasteiger partial charge in [0, 0.05) is 0 Å². The molecule has 0 spiro atoms. The van der Waals surface area contributed by atoms with Crippen LogP contribution in [0.1, 0.15) is 24.2 Å². The third kappa shape index (κ3) is 3.89. The normalized spacial score (nSPS) is 30.6. The lowest BCUT2D eigenvalue weighted by Gasteiger charge is -2.25. The molecule has 2 fully saturated rings. The van der Waals surface area contributed by atoms with Gasteiger partial charge in [-0.05, 0) is 38.2 Å². The number of thiol groups is 1. The second kappa shape index (κ2) is 6.97. The average Bonchev–Trinajstić information content (AvgIpc) is 2.98. The van der Waals surface area contributed by atoms with Crippen molar-refractivity contribution in [3.63, 3.8) is 0 Å². The summed E-state index contributed by atoms with van der Waals surface area (Å²) < 4.78 is 28.2. The van der Waals surface area contributed by atoms with Crippen LogP contribution in [0, 0.1) is 0 Å². The van der Waals surface area contributed by atoms with E-state index < -0.39 is 36.4 Å². The molecule has 1 aromatic carbocycles. The number of carbonyl (C=O) groups is 1. The van der Waals surface area contributed by atoms with Crippen molar-refractivity contribution >= 4 is 35.2 Å². The monoisotopic (exact) mass is 370 g/mol. The molecule has 0 aromatic heterocycles. The van der Waals surface area contributed by atoms with Gasteiger partial charge in [-0.3, -0.25) is 0 Å². The van der Waals surface area contributed by atoms with E-state index in [1.54, 1.807) is 38.1 Å². The molecule has 0 unspecified atom stereocenters. The molecule has 2 saturated heterocycles. The summed E-state index contributed by atoms with van der Waals surface area (Å²) in [5.74, 6) is -1.22. The summed E-state index contributed by atoms with van der Waals surface area (Å²) in [7, 11) is 0. The number of esters is 1. The summed E-state index contributed by atoms with van der Waals surface area (Å²) in [5.41, 5.74) is 0.464. The zero-order chi connectivity index (χ0) is 17.3. The molecule has 2 aliphatic rings. The summed E-state index contributed by atoms with van der Waals surface area (Å²) in [6.45, 7) is 3.57. The van der Waals surface area contributed by atoms with Crippen LogP contribution in [0.5, 0.6) is 0 Å². The first kappa shape index (κ1) is 17.6. The van der Waals surface area contributed by atoms with Gasteiger partial charge in [-0.15, -0.1) is 0 Å². The van der Waals surface area contributed by atoms with Crippen molar-refractivity contribution in [3.05, 3.63) is 35.9 Å². The molecule has 8 heteroatoms. The Morgan fingerprint density at radius 3 is 2.67 bits per heavy atom. The standard InChI is InChI=1S/C16H18O6S2/c1-16(2)21-12-11(20-15(23)24)10(19-14(12)22-16)8-18-13(17)9-6-4-3-5-7-9/h3-7,10-12,14H,8H2,1-2H3,(H,23,24)/t10-,11+,12-,14-/m1/s1. The van der Waals surface area contributed by atoms with E-state index in [9.17, 15) is 4.79 Å². The van der Waals surface area contributed by atoms with E-state index in [-0.39, 0.29) is 11.0 Å². The minimum absolute atomic E-state index is 0.00503. The van der Waals surface area contributed by atoms with Gasteiger partial charge in [0.15, 0.2) is 24.3 Å². The van der Waals surface area contributed by atoms with Crippen LogP contribution in [0.25, 0.3) is 0 Å². The van der Waals surface area contributed by atoms with E-state index in [1.807, 2.05) is 6.07 Å². The Morgan fingerprint density at radius 1 is 1.29 bits per heavy atom. The first-order valence-electron chi connectivity index (χ1n) is 7.48. The van der Waals surface area contributed by atoms with Gasteiger partial charge in [-0.25, -0.2) is 4.79 Å². The predicted octanol–water partition coefficient (Wildman–Crippen LogP) is 2.32. The molecular weight excluding hydrogens is 352 g/mol. The average molecular weight is 370 g/mol. The fourth-order valence-corrected chi connectivity index (χ4v) is 2.99. The Balaban J connectivity index is 1.64. The van der Waals surface area contributed by atoms with Gasteiger partial charge in [0.1, 0.15) is 12.7 Å². The Kier molecular flexibility index (Phi) is 5.12. The molecule has 6 nitrogen and oxygen atoms in total. The van der Waals surface area contributed by atoms with Gasteiger partial charge >= 0.3 is 5.97 Å². The van der Waals surface area contributed by atoms with Crippen LogP contribution in [-0.4, -0.2) is 47.3 Å². The maximum Gasteiger partial charge on any atom is 0.338 e. The summed E-state index contributed by atoms with van der Waals surface area (Å²) in [4.78, 5) is 12.1. The molecule has 0 saturated carbocycles. The number of ether oxygens (including phenoxy) is 5. The lowest BCUT2D eigenvalue weighted by Crippen LogP contribution is -2.39. The van der Waals surface area contributed by atoms with E-state index >= 15 is 0 Å². The van der Waals surface area contributed by atoms with Gasteiger partial charge in [0.25, 0.3) is 0 Å². The summed E-state index contributed by atoms with van der Waals surface area (Å²) in [6.07, 6.45) is -2.20. The molecule has 130 valence electrons. The van der Waals surface area contributed by atoms with E-state index in [1.165, 1.54) is 0 Å². The van der Waals surface area contributed by atoms with Crippen molar-refractivity contribution in [2.24, 2.45) is 0 Å². The fraction of sp³-hybridized carbons (Fsp3) is 0.500. The highest BCUT2D eigenvalue weighted by Gasteiger charge is 2.56. The van der Waals surface area contributed by atoms with Crippen LogP contribution in [0.2, 0.25) is 0 Å². The van der Waals surface area contributed by atoms with Crippen LogP contribution < -0.4 is 0 Å². The molecule has 2 aliphatic heterocycles.